The van der Waals surface area contributed by atoms with Crippen LogP contribution < -0.4 is 5.56 Å². The standard InChI is InChI=1S/C29H27ClF3N3O/c1-2-35-15-3-4-19(17-35)18-36-27(21-5-10-23(11-6-21)29(31,32)33)34-26-14-9-22(16-25(26)28(36)37)20-7-12-24(30)13-8-20/h5-14,16,19H,2-4,15,17-18H2,1H3/t19-/m0/s1. The lowest BCUT2D eigenvalue weighted by Gasteiger charge is -2.32. The van der Waals surface area contributed by atoms with Crippen molar-refractivity contribution in [3.63, 3.8) is 0 Å². The zero-order valence-electron chi connectivity index (χ0n) is 20.4. The summed E-state index contributed by atoms with van der Waals surface area (Å²) in [6.07, 6.45) is -2.40. The van der Waals surface area contributed by atoms with Crippen LogP contribution in [0, 0.1) is 5.92 Å². The lowest BCUT2D eigenvalue weighted by atomic mass is 9.97. The molecule has 0 amide bonds. The minimum Gasteiger partial charge on any atom is -0.303 e. The molecule has 2 heterocycles. The average molecular weight is 526 g/mol. The summed E-state index contributed by atoms with van der Waals surface area (Å²) >= 11 is 6.03. The molecule has 0 saturated carbocycles. The van der Waals surface area contributed by atoms with Gasteiger partial charge in [0.05, 0.1) is 16.5 Å². The Morgan fingerprint density at radius 3 is 2.32 bits per heavy atom. The summed E-state index contributed by atoms with van der Waals surface area (Å²) in [6, 6.07) is 17.8. The molecule has 4 aromatic rings. The van der Waals surface area contributed by atoms with Gasteiger partial charge in [-0.05, 0) is 79.4 Å². The van der Waals surface area contributed by atoms with E-state index in [2.05, 4.69) is 11.8 Å². The van der Waals surface area contributed by atoms with Crippen molar-refractivity contribution in [1.29, 1.82) is 0 Å². The van der Waals surface area contributed by atoms with Crippen LogP contribution in [0.15, 0.2) is 71.5 Å². The molecule has 1 saturated heterocycles. The Morgan fingerprint density at radius 2 is 1.65 bits per heavy atom. The highest BCUT2D eigenvalue weighted by molar-refractivity contribution is 6.30. The fourth-order valence-corrected chi connectivity index (χ4v) is 5.21. The summed E-state index contributed by atoms with van der Waals surface area (Å²) in [5, 5.41) is 1.11. The van der Waals surface area contributed by atoms with E-state index in [4.69, 9.17) is 16.6 Å². The summed E-state index contributed by atoms with van der Waals surface area (Å²) in [7, 11) is 0. The Morgan fingerprint density at radius 1 is 0.973 bits per heavy atom. The summed E-state index contributed by atoms with van der Waals surface area (Å²) in [5.41, 5.74) is 1.86. The molecule has 1 aliphatic rings. The third-order valence-corrected chi connectivity index (χ3v) is 7.35. The molecule has 8 heteroatoms. The van der Waals surface area contributed by atoms with E-state index in [1.54, 1.807) is 22.8 Å². The summed E-state index contributed by atoms with van der Waals surface area (Å²) in [4.78, 5) is 21.1. The Hall–Kier alpha value is -3.16. The van der Waals surface area contributed by atoms with Gasteiger partial charge in [0.25, 0.3) is 5.56 Å². The van der Waals surface area contributed by atoms with Gasteiger partial charge in [0.15, 0.2) is 0 Å². The van der Waals surface area contributed by atoms with Crippen LogP contribution in [0.5, 0.6) is 0 Å². The van der Waals surface area contributed by atoms with Crippen molar-refractivity contribution < 1.29 is 13.2 Å². The number of piperidine rings is 1. The first kappa shape index (κ1) is 25.5. The fourth-order valence-electron chi connectivity index (χ4n) is 5.09. The molecule has 0 aliphatic carbocycles. The minimum atomic E-state index is -4.43. The highest BCUT2D eigenvalue weighted by atomic mass is 35.5. The molecule has 3 aromatic carbocycles. The zero-order chi connectivity index (χ0) is 26.2. The van der Waals surface area contributed by atoms with Gasteiger partial charge in [-0.1, -0.05) is 48.9 Å². The zero-order valence-corrected chi connectivity index (χ0v) is 21.2. The first-order chi connectivity index (χ1) is 17.7. The molecule has 1 aromatic heterocycles. The normalized spacial score (nSPS) is 16.8. The number of benzene rings is 3. The van der Waals surface area contributed by atoms with E-state index >= 15 is 0 Å². The smallest absolute Gasteiger partial charge is 0.303 e. The third kappa shape index (κ3) is 5.43. The summed E-state index contributed by atoms with van der Waals surface area (Å²) < 4.78 is 41.2. The second-order valence-electron chi connectivity index (χ2n) is 9.57. The van der Waals surface area contributed by atoms with Crippen LogP contribution in [0.25, 0.3) is 33.4 Å². The van der Waals surface area contributed by atoms with E-state index in [1.165, 1.54) is 12.1 Å². The lowest BCUT2D eigenvalue weighted by molar-refractivity contribution is -0.137. The predicted octanol–water partition coefficient (Wildman–Crippen LogP) is 7.13. The van der Waals surface area contributed by atoms with E-state index in [0.29, 0.717) is 33.9 Å². The number of alkyl halides is 3. The van der Waals surface area contributed by atoms with Crippen molar-refractivity contribution in [2.45, 2.75) is 32.5 Å². The van der Waals surface area contributed by atoms with Gasteiger partial charge in [-0.15, -0.1) is 0 Å². The predicted molar refractivity (Wildman–Crippen MR) is 142 cm³/mol. The second-order valence-corrected chi connectivity index (χ2v) is 10.0. The summed E-state index contributed by atoms with van der Waals surface area (Å²) in [6.45, 7) is 5.43. The molecule has 37 heavy (non-hydrogen) atoms. The number of hydrogen-bond acceptors (Lipinski definition) is 3. The van der Waals surface area contributed by atoms with Gasteiger partial charge in [0.2, 0.25) is 0 Å². The van der Waals surface area contributed by atoms with E-state index in [-0.39, 0.29) is 11.5 Å². The molecule has 0 spiro atoms. The van der Waals surface area contributed by atoms with Gasteiger partial charge >= 0.3 is 6.18 Å². The Balaban J connectivity index is 1.63. The minimum absolute atomic E-state index is 0.190. The molecule has 0 bridgehead atoms. The Kier molecular flexibility index (Phi) is 7.10. The molecule has 5 rings (SSSR count). The highest BCUT2D eigenvalue weighted by Gasteiger charge is 2.30. The van der Waals surface area contributed by atoms with E-state index in [1.807, 2.05) is 24.3 Å². The number of nitrogens with zero attached hydrogens (tertiary/aromatic N) is 3. The molecule has 4 nitrogen and oxygen atoms in total. The fraction of sp³-hybridized carbons (Fsp3) is 0.310. The molecule has 192 valence electrons. The van der Waals surface area contributed by atoms with Crippen LogP contribution in [0.4, 0.5) is 13.2 Å². The van der Waals surface area contributed by atoms with Crippen molar-refractivity contribution in [2.24, 2.45) is 5.92 Å². The van der Waals surface area contributed by atoms with Crippen LogP contribution in [0.2, 0.25) is 5.02 Å². The molecular weight excluding hydrogens is 499 g/mol. The SMILES string of the molecule is CCN1CCC[C@H](Cn2c(-c3ccc(C(F)(F)F)cc3)nc3ccc(-c4ccc(Cl)cc4)cc3c2=O)C1. The van der Waals surface area contributed by atoms with Crippen LogP contribution in [-0.4, -0.2) is 34.1 Å². The molecule has 1 aliphatic heterocycles. The third-order valence-electron chi connectivity index (χ3n) is 7.09. The van der Waals surface area contributed by atoms with Gasteiger partial charge in [-0.3, -0.25) is 9.36 Å². The average Bonchev–Trinajstić information content (AvgIpc) is 2.90. The number of rotatable bonds is 5. The Labute approximate surface area is 218 Å². The van der Waals surface area contributed by atoms with Crippen molar-refractivity contribution >= 4 is 22.5 Å². The van der Waals surface area contributed by atoms with Gasteiger partial charge < -0.3 is 4.90 Å². The van der Waals surface area contributed by atoms with Gasteiger partial charge in [0.1, 0.15) is 5.82 Å². The van der Waals surface area contributed by atoms with Crippen LogP contribution in [0.3, 0.4) is 0 Å². The maximum absolute atomic E-state index is 13.9. The van der Waals surface area contributed by atoms with E-state index < -0.39 is 11.7 Å². The Bertz CT molecular complexity index is 1460. The van der Waals surface area contributed by atoms with E-state index in [0.717, 1.165) is 55.7 Å². The number of aromatic nitrogens is 2. The van der Waals surface area contributed by atoms with Gasteiger partial charge in [0, 0.05) is 23.7 Å². The van der Waals surface area contributed by atoms with Gasteiger partial charge in [-0.25, -0.2) is 4.98 Å². The largest absolute Gasteiger partial charge is 0.416 e. The molecule has 1 atom stereocenters. The first-order valence-electron chi connectivity index (χ1n) is 12.4. The topological polar surface area (TPSA) is 38.1 Å². The van der Waals surface area contributed by atoms with E-state index in [9.17, 15) is 18.0 Å². The molecule has 0 N–H and O–H groups in total. The van der Waals surface area contributed by atoms with Crippen LogP contribution in [-0.2, 0) is 12.7 Å². The highest BCUT2D eigenvalue weighted by Crippen LogP contribution is 2.32. The summed E-state index contributed by atoms with van der Waals surface area (Å²) in [5.74, 6) is 0.636. The van der Waals surface area contributed by atoms with Crippen molar-refractivity contribution in [3.8, 4) is 22.5 Å². The molecule has 0 radical (unpaired) electrons. The van der Waals surface area contributed by atoms with Gasteiger partial charge in [-0.2, -0.15) is 13.2 Å². The van der Waals surface area contributed by atoms with Crippen molar-refractivity contribution in [2.75, 3.05) is 19.6 Å². The second kappa shape index (κ2) is 10.3. The van der Waals surface area contributed by atoms with Crippen LogP contribution in [0.1, 0.15) is 25.3 Å². The molecular formula is C29H27ClF3N3O. The van der Waals surface area contributed by atoms with Crippen LogP contribution >= 0.6 is 11.6 Å². The first-order valence-corrected chi connectivity index (χ1v) is 12.8. The maximum atomic E-state index is 13.9. The lowest BCUT2D eigenvalue weighted by Crippen LogP contribution is -2.38. The van der Waals surface area contributed by atoms with Crippen molar-refractivity contribution in [3.05, 3.63) is 87.7 Å². The number of hydrogen-bond donors (Lipinski definition) is 0. The number of halogens is 4. The maximum Gasteiger partial charge on any atom is 0.416 e. The van der Waals surface area contributed by atoms with Crippen molar-refractivity contribution in [1.82, 2.24) is 14.5 Å². The quantitative estimate of drug-likeness (QED) is 0.278. The number of fused-ring (bicyclic) bond motifs is 1. The molecule has 1 fully saturated rings. The monoisotopic (exact) mass is 525 g/mol. The molecule has 0 unspecified atom stereocenters. The number of likely N-dealkylation sites (tertiary alicyclic amines) is 1.